The van der Waals surface area contributed by atoms with E-state index >= 15 is 0 Å². The number of para-hydroxylation sites is 1. The molecule has 9 nitrogen and oxygen atoms in total. The molecule has 0 spiro atoms. The number of hydrogen-bond acceptors (Lipinski definition) is 7. The first-order valence-electron chi connectivity index (χ1n) is 15.2. The molecular formula is C34H47N3O6. The number of ether oxygens (including phenoxy) is 5. The highest BCUT2D eigenvalue weighted by Crippen LogP contribution is 2.41. The molecule has 0 aliphatic carbocycles. The number of nitrogens with zero attached hydrogens (tertiary/aromatic N) is 3. The van der Waals surface area contributed by atoms with Gasteiger partial charge in [-0.25, -0.2) is 9.78 Å². The zero-order valence-electron chi connectivity index (χ0n) is 26.5. The van der Waals surface area contributed by atoms with Gasteiger partial charge in [-0.1, -0.05) is 37.3 Å². The Morgan fingerprint density at radius 3 is 2.51 bits per heavy atom. The van der Waals surface area contributed by atoms with Gasteiger partial charge in [0.25, 0.3) is 0 Å². The summed E-state index contributed by atoms with van der Waals surface area (Å²) in [6.45, 7) is 10.6. The number of carbonyl (C=O) groups excluding carboxylic acids is 1. The largest absolute Gasteiger partial charge is 0.496 e. The molecule has 234 valence electrons. The molecule has 0 radical (unpaired) electrons. The normalized spacial score (nSPS) is 17.9. The van der Waals surface area contributed by atoms with Gasteiger partial charge < -0.3 is 33.2 Å². The lowest BCUT2D eigenvalue weighted by molar-refractivity contribution is 0.0158. The van der Waals surface area contributed by atoms with Gasteiger partial charge in [0.1, 0.15) is 29.2 Å². The second-order valence-corrected chi connectivity index (χ2v) is 11.9. The van der Waals surface area contributed by atoms with E-state index in [9.17, 15) is 4.79 Å². The van der Waals surface area contributed by atoms with Crippen LogP contribution in [0.1, 0.15) is 82.0 Å². The summed E-state index contributed by atoms with van der Waals surface area (Å²) in [7, 11) is 3.39. The third-order valence-electron chi connectivity index (χ3n) is 7.69. The molecule has 3 unspecified atom stereocenters. The van der Waals surface area contributed by atoms with E-state index in [1.54, 1.807) is 14.2 Å². The summed E-state index contributed by atoms with van der Waals surface area (Å²) in [6, 6.07) is 16.2. The highest BCUT2D eigenvalue weighted by atomic mass is 16.6. The van der Waals surface area contributed by atoms with Crippen molar-refractivity contribution in [2.45, 2.75) is 77.2 Å². The zero-order chi connectivity index (χ0) is 30.8. The smallest absolute Gasteiger partial charge is 0.410 e. The molecule has 0 N–H and O–H groups in total. The molecule has 4 rings (SSSR count). The number of aromatic nitrogens is 2. The van der Waals surface area contributed by atoms with Gasteiger partial charge in [0.15, 0.2) is 0 Å². The second-order valence-electron chi connectivity index (χ2n) is 11.9. The van der Waals surface area contributed by atoms with Gasteiger partial charge in [0.2, 0.25) is 0 Å². The van der Waals surface area contributed by atoms with Gasteiger partial charge in [0.05, 0.1) is 26.9 Å². The van der Waals surface area contributed by atoms with Crippen molar-refractivity contribution in [2.24, 2.45) is 0 Å². The Morgan fingerprint density at radius 2 is 1.81 bits per heavy atom. The van der Waals surface area contributed by atoms with Crippen LogP contribution in [0.5, 0.6) is 11.5 Å². The Labute approximate surface area is 256 Å². The van der Waals surface area contributed by atoms with E-state index < -0.39 is 5.60 Å². The van der Waals surface area contributed by atoms with E-state index in [0.29, 0.717) is 32.9 Å². The van der Waals surface area contributed by atoms with Crippen molar-refractivity contribution in [1.29, 1.82) is 0 Å². The molecule has 1 aliphatic heterocycles. The molecule has 2 heterocycles. The van der Waals surface area contributed by atoms with Crippen LogP contribution in [0.2, 0.25) is 0 Å². The summed E-state index contributed by atoms with van der Waals surface area (Å²) in [5.74, 6) is 2.73. The fourth-order valence-corrected chi connectivity index (χ4v) is 5.60. The van der Waals surface area contributed by atoms with Crippen molar-refractivity contribution in [2.75, 3.05) is 40.5 Å². The maximum atomic E-state index is 13.0. The molecule has 43 heavy (non-hydrogen) atoms. The summed E-state index contributed by atoms with van der Waals surface area (Å²) in [4.78, 5) is 19.6. The number of piperidine rings is 1. The minimum absolute atomic E-state index is 0.0207. The van der Waals surface area contributed by atoms with Crippen molar-refractivity contribution in [3.05, 3.63) is 77.9 Å². The predicted octanol–water partition coefficient (Wildman–Crippen LogP) is 6.94. The molecule has 3 atom stereocenters. The summed E-state index contributed by atoms with van der Waals surface area (Å²) in [6.07, 6.45) is 5.76. The Balaban J connectivity index is 1.39. The molecule has 9 heteroatoms. The average molecular weight is 594 g/mol. The first-order valence-corrected chi connectivity index (χ1v) is 15.2. The minimum Gasteiger partial charge on any atom is -0.496 e. The molecule has 1 amide bonds. The number of methoxy groups -OCH3 is 2. The minimum atomic E-state index is -0.553. The summed E-state index contributed by atoms with van der Waals surface area (Å²) >= 11 is 0. The molecule has 1 aliphatic rings. The number of likely N-dealkylation sites (tertiary alicyclic amines) is 1. The van der Waals surface area contributed by atoms with E-state index in [0.717, 1.165) is 42.1 Å². The molecule has 3 aromatic rings. The summed E-state index contributed by atoms with van der Waals surface area (Å²) in [5.41, 5.74) is 1.68. The van der Waals surface area contributed by atoms with Crippen molar-refractivity contribution < 1.29 is 28.5 Å². The van der Waals surface area contributed by atoms with Gasteiger partial charge in [-0.05, 0) is 63.3 Å². The SMILES string of the molecule is CCC(OC)n1ccnc1C1CN(C(=O)OC(C)(C)C)CCC1c1ccc(OCCCOCc2ccccc2OC)cc1. The maximum absolute atomic E-state index is 13.0. The van der Waals surface area contributed by atoms with Gasteiger partial charge >= 0.3 is 6.09 Å². The third-order valence-corrected chi connectivity index (χ3v) is 7.69. The van der Waals surface area contributed by atoms with E-state index in [1.807, 2.05) is 74.5 Å². The first-order chi connectivity index (χ1) is 20.7. The van der Waals surface area contributed by atoms with E-state index in [-0.39, 0.29) is 24.2 Å². The summed E-state index contributed by atoms with van der Waals surface area (Å²) in [5, 5.41) is 0. The first kappa shape index (κ1) is 32.4. The van der Waals surface area contributed by atoms with Crippen LogP contribution in [0, 0.1) is 0 Å². The predicted molar refractivity (Wildman–Crippen MR) is 166 cm³/mol. The number of amides is 1. The maximum Gasteiger partial charge on any atom is 0.410 e. The van der Waals surface area contributed by atoms with Crippen LogP contribution in [0.4, 0.5) is 4.79 Å². The molecule has 0 bridgehead atoms. The van der Waals surface area contributed by atoms with Crippen LogP contribution in [0.25, 0.3) is 0 Å². The number of carbonyl (C=O) groups is 1. The van der Waals surface area contributed by atoms with Crippen LogP contribution < -0.4 is 9.47 Å². The lowest BCUT2D eigenvalue weighted by Gasteiger charge is -2.39. The number of imidazole rings is 1. The zero-order valence-corrected chi connectivity index (χ0v) is 26.5. The molecule has 1 saturated heterocycles. The van der Waals surface area contributed by atoms with Crippen molar-refractivity contribution in [3.63, 3.8) is 0 Å². The third kappa shape index (κ3) is 8.74. The monoisotopic (exact) mass is 593 g/mol. The average Bonchev–Trinajstić information content (AvgIpc) is 3.48. The Hall–Kier alpha value is -3.56. The van der Waals surface area contributed by atoms with Gasteiger partial charge in [-0.3, -0.25) is 0 Å². The Morgan fingerprint density at radius 1 is 1.05 bits per heavy atom. The van der Waals surface area contributed by atoms with Crippen LogP contribution in [-0.2, 0) is 20.8 Å². The fourth-order valence-electron chi connectivity index (χ4n) is 5.60. The van der Waals surface area contributed by atoms with Crippen molar-refractivity contribution >= 4 is 6.09 Å². The molecule has 1 fully saturated rings. The van der Waals surface area contributed by atoms with Gasteiger partial charge in [0, 0.05) is 50.5 Å². The van der Waals surface area contributed by atoms with Crippen LogP contribution in [0.15, 0.2) is 60.9 Å². The van der Waals surface area contributed by atoms with Crippen molar-refractivity contribution in [3.8, 4) is 11.5 Å². The van der Waals surface area contributed by atoms with E-state index in [2.05, 4.69) is 23.6 Å². The number of benzene rings is 2. The summed E-state index contributed by atoms with van der Waals surface area (Å²) < 4.78 is 30.8. The van der Waals surface area contributed by atoms with Crippen LogP contribution in [0.3, 0.4) is 0 Å². The molecule has 2 aromatic carbocycles. The highest BCUT2D eigenvalue weighted by molar-refractivity contribution is 5.68. The Kier molecular flexibility index (Phi) is 11.5. The molecule has 1 aromatic heterocycles. The fraction of sp³-hybridized carbons (Fsp3) is 0.529. The van der Waals surface area contributed by atoms with Crippen LogP contribution >= 0.6 is 0 Å². The molecular weight excluding hydrogens is 546 g/mol. The molecule has 0 saturated carbocycles. The number of rotatable bonds is 13. The Bertz CT molecular complexity index is 1280. The van der Waals surface area contributed by atoms with Crippen molar-refractivity contribution in [1.82, 2.24) is 14.5 Å². The second kappa shape index (κ2) is 15.3. The van der Waals surface area contributed by atoms with E-state index in [4.69, 9.17) is 28.7 Å². The topological polar surface area (TPSA) is 84.3 Å². The van der Waals surface area contributed by atoms with E-state index in [1.165, 1.54) is 5.56 Å². The van der Waals surface area contributed by atoms with Crippen LogP contribution in [-0.4, -0.2) is 66.7 Å². The number of hydrogen-bond donors (Lipinski definition) is 0. The lowest BCUT2D eigenvalue weighted by atomic mass is 9.80. The quantitative estimate of drug-likeness (QED) is 0.199. The van der Waals surface area contributed by atoms with Gasteiger partial charge in [-0.15, -0.1) is 0 Å². The highest BCUT2D eigenvalue weighted by Gasteiger charge is 2.38. The lowest BCUT2D eigenvalue weighted by Crippen LogP contribution is -2.45. The van der Waals surface area contributed by atoms with Gasteiger partial charge in [-0.2, -0.15) is 0 Å². The standard InChI is InChI=1S/C34H47N3O6/c1-7-31(40-6)37-20-18-35-32(37)29-23-36(33(38)43-34(2,3)4)19-17-28(29)25-13-15-27(16-14-25)42-22-10-21-41-24-26-11-8-9-12-30(26)39-5/h8-9,11-16,18,20,28-29,31H,7,10,17,19,21-24H2,1-6H3.